The number of anilines is 1. The highest BCUT2D eigenvalue weighted by Gasteiger charge is 2.16. The van der Waals surface area contributed by atoms with Gasteiger partial charge in [0.05, 0.1) is 24.2 Å². The lowest BCUT2D eigenvalue weighted by molar-refractivity contribution is 0.202. The molecule has 1 atom stereocenters. The molecule has 2 heterocycles. The number of aromatic amines is 1. The second kappa shape index (κ2) is 6.67. The number of halogens is 1. The Balaban J connectivity index is 1.88. The molecule has 0 aliphatic rings. The van der Waals surface area contributed by atoms with Gasteiger partial charge in [-0.1, -0.05) is 6.07 Å². The summed E-state index contributed by atoms with van der Waals surface area (Å²) in [7, 11) is 1.55. The third-order valence-corrected chi connectivity index (χ3v) is 3.55. The molecule has 0 bridgehead atoms. The molecular weight excluding hydrogens is 311 g/mol. The van der Waals surface area contributed by atoms with Crippen LogP contribution in [0, 0.1) is 12.7 Å². The lowest BCUT2D eigenvalue weighted by Gasteiger charge is -2.17. The molecule has 0 amide bonds. The van der Waals surface area contributed by atoms with Crippen LogP contribution in [0.4, 0.5) is 10.1 Å². The van der Waals surface area contributed by atoms with Crippen molar-refractivity contribution in [3.8, 4) is 17.1 Å². The average Bonchev–Trinajstić information content (AvgIpc) is 3.11. The Kier molecular flexibility index (Phi) is 4.43. The minimum absolute atomic E-state index is 0.0988. The normalized spacial score (nSPS) is 12.0. The zero-order chi connectivity index (χ0) is 17.1. The molecule has 6 nitrogen and oxygen atoms in total. The van der Waals surface area contributed by atoms with Gasteiger partial charge in [-0.2, -0.15) is 5.10 Å². The van der Waals surface area contributed by atoms with Crippen LogP contribution in [-0.2, 0) is 0 Å². The predicted octanol–water partition coefficient (Wildman–Crippen LogP) is 3.03. The van der Waals surface area contributed by atoms with E-state index in [2.05, 4.69) is 20.5 Å². The molecule has 3 rings (SSSR count). The van der Waals surface area contributed by atoms with Crippen molar-refractivity contribution in [2.75, 3.05) is 12.4 Å². The molecule has 24 heavy (non-hydrogen) atoms. The second-order valence-corrected chi connectivity index (χ2v) is 5.29. The summed E-state index contributed by atoms with van der Waals surface area (Å²) in [6.07, 6.45) is 0.387. The van der Waals surface area contributed by atoms with Gasteiger partial charge < -0.3 is 15.2 Å². The number of aliphatic hydroxyl groups excluding tert-OH is 1. The first kappa shape index (κ1) is 15.9. The number of hydrogen-bond donors (Lipinski definition) is 3. The number of pyridine rings is 1. The van der Waals surface area contributed by atoms with Gasteiger partial charge in [0.2, 0.25) is 0 Å². The van der Waals surface area contributed by atoms with E-state index in [9.17, 15) is 9.50 Å². The molecule has 0 aliphatic heterocycles. The lowest BCUT2D eigenvalue weighted by atomic mass is 10.2. The Morgan fingerprint density at radius 2 is 2.08 bits per heavy atom. The summed E-state index contributed by atoms with van der Waals surface area (Å²) in [4.78, 5) is 4.18. The van der Waals surface area contributed by atoms with Crippen LogP contribution in [0.2, 0.25) is 0 Å². The second-order valence-electron chi connectivity index (χ2n) is 5.29. The van der Waals surface area contributed by atoms with E-state index in [0.717, 1.165) is 5.56 Å². The molecule has 7 heteroatoms. The van der Waals surface area contributed by atoms with E-state index in [0.29, 0.717) is 17.1 Å². The summed E-state index contributed by atoms with van der Waals surface area (Å²) in [6, 6.07) is 9.84. The van der Waals surface area contributed by atoms with E-state index in [-0.39, 0.29) is 11.4 Å². The van der Waals surface area contributed by atoms with Crippen LogP contribution in [0.3, 0.4) is 0 Å². The van der Waals surface area contributed by atoms with Crippen molar-refractivity contribution in [1.29, 1.82) is 0 Å². The zero-order valence-electron chi connectivity index (χ0n) is 13.2. The number of benzene rings is 1. The molecule has 2 aromatic heterocycles. The van der Waals surface area contributed by atoms with Crippen LogP contribution < -0.4 is 10.1 Å². The van der Waals surface area contributed by atoms with Crippen molar-refractivity contribution >= 4 is 5.69 Å². The number of aryl methyl sites for hydroxylation is 1. The molecule has 0 radical (unpaired) electrons. The maximum atomic E-state index is 14.0. The number of nitrogens with zero attached hydrogens (tertiary/aromatic N) is 2. The molecule has 0 saturated carbocycles. The molecule has 0 aliphatic carbocycles. The van der Waals surface area contributed by atoms with Crippen LogP contribution in [0.1, 0.15) is 17.5 Å². The minimum atomic E-state index is -1.12. The molecule has 0 saturated heterocycles. The average molecular weight is 328 g/mol. The highest BCUT2D eigenvalue weighted by Crippen LogP contribution is 2.29. The van der Waals surface area contributed by atoms with Crippen LogP contribution in [-0.4, -0.2) is 27.4 Å². The fraction of sp³-hybridized carbons (Fsp3) is 0.176. The fourth-order valence-corrected chi connectivity index (χ4v) is 2.33. The van der Waals surface area contributed by atoms with Gasteiger partial charge in [-0.25, -0.2) is 9.37 Å². The minimum Gasteiger partial charge on any atom is -0.495 e. The number of methoxy groups -OCH3 is 1. The number of aromatic nitrogens is 3. The summed E-state index contributed by atoms with van der Waals surface area (Å²) in [5, 5.41) is 19.8. The summed E-state index contributed by atoms with van der Waals surface area (Å²) >= 11 is 0. The van der Waals surface area contributed by atoms with Gasteiger partial charge in [0, 0.05) is 6.20 Å². The first-order valence-electron chi connectivity index (χ1n) is 7.34. The van der Waals surface area contributed by atoms with E-state index in [1.807, 2.05) is 19.1 Å². The van der Waals surface area contributed by atoms with E-state index >= 15 is 0 Å². The summed E-state index contributed by atoms with van der Waals surface area (Å²) in [6.45, 7) is 1.95. The van der Waals surface area contributed by atoms with Gasteiger partial charge in [-0.3, -0.25) is 5.10 Å². The van der Waals surface area contributed by atoms with Gasteiger partial charge >= 0.3 is 0 Å². The number of nitrogens with one attached hydrogen (secondary N) is 2. The third-order valence-electron chi connectivity index (χ3n) is 3.55. The van der Waals surface area contributed by atoms with Gasteiger partial charge in [0.1, 0.15) is 11.4 Å². The number of aliphatic hydroxyl groups is 1. The van der Waals surface area contributed by atoms with E-state index < -0.39 is 12.0 Å². The third kappa shape index (κ3) is 3.21. The number of ether oxygens (including phenoxy) is 1. The van der Waals surface area contributed by atoms with Crippen molar-refractivity contribution < 1.29 is 14.2 Å². The summed E-state index contributed by atoms with van der Waals surface area (Å²) < 4.78 is 19.3. The van der Waals surface area contributed by atoms with Crippen LogP contribution >= 0.6 is 0 Å². The van der Waals surface area contributed by atoms with Crippen LogP contribution in [0.25, 0.3) is 11.4 Å². The SMILES string of the molecule is COc1cc(C)ccc1NC(O)c1ccc(F)c(-c2ccn[nH]2)n1. The molecule has 1 aromatic carbocycles. The van der Waals surface area contributed by atoms with Crippen LogP contribution in [0.15, 0.2) is 42.6 Å². The van der Waals surface area contributed by atoms with Gasteiger partial charge in [0.15, 0.2) is 12.0 Å². The quantitative estimate of drug-likeness (QED) is 0.627. The van der Waals surface area contributed by atoms with Crippen molar-refractivity contribution in [3.63, 3.8) is 0 Å². The molecular formula is C17H17FN4O2. The highest BCUT2D eigenvalue weighted by atomic mass is 19.1. The lowest BCUT2D eigenvalue weighted by Crippen LogP contribution is -2.13. The number of hydrogen-bond acceptors (Lipinski definition) is 5. The van der Waals surface area contributed by atoms with Crippen molar-refractivity contribution in [3.05, 3.63) is 59.7 Å². The van der Waals surface area contributed by atoms with Gasteiger partial charge in [-0.15, -0.1) is 0 Å². The summed E-state index contributed by atoms with van der Waals surface area (Å²) in [5.74, 6) is 0.105. The van der Waals surface area contributed by atoms with E-state index in [1.165, 1.54) is 18.3 Å². The maximum Gasteiger partial charge on any atom is 0.168 e. The van der Waals surface area contributed by atoms with Crippen molar-refractivity contribution in [2.45, 2.75) is 13.2 Å². The molecule has 0 spiro atoms. The molecule has 3 aromatic rings. The van der Waals surface area contributed by atoms with Gasteiger partial charge in [-0.05, 0) is 42.8 Å². The van der Waals surface area contributed by atoms with Crippen molar-refractivity contribution in [1.82, 2.24) is 15.2 Å². The Bertz CT molecular complexity index is 837. The first-order valence-corrected chi connectivity index (χ1v) is 7.34. The van der Waals surface area contributed by atoms with Crippen LogP contribution in [0.5, 0.6) is 5.75 Å². The topological polar surface area (TPSA) is 83.1 Å². The zero-order valence-corrected chi connectivity index (χ0v) is 13.2. The molecule has 1 unspecified atom stereocenters. The maximum absolute atomic E-state index is 14.0. The Hall–Kier alpha value is -2.93. The monoisotopic (exact) mass is 328 g/mol. The standard InChI is InChI=1S/C17H17FN4O2/c1-10-3-5-12(15(9-10)24-2)21-17(23)14-6-4-11(18)16(20-14)13-7-8-19-22-13/h3-9,17,21,23H,1-2H3,(H,19,22). The Morgan fingerprint density at radius 1 is 1.25 bits per heavy atom. The van der Waals surface area contributed by atoms with E-state index in [4.69, 9.17) is 4.74 Å². The first-order chi connectivity index (χ1) is 11.6. The predicted molar refractivity (Wildman–Crippen MR) is 88.1 cm³/mol. The molecule has 3 N–H and O–H groups in total. The summed E-state index contributed by atoms with van der Waals surface area (Å²) in [5.41, 5.74) is 2.47. The largest absolute Gasteiger partial charge is 0.495 e. The Morgan fingerprint density at radius 3 is 2.79 bits per heavy atom. The smallest absolute Gasteiger partial charge is 0.168 e. The Labute approximate surface area is 138 Å². The number of H-pyrrole nitrogens is 1. The van der Waals surface area contributed by atoms with Crippen molar-refractivity contribution in [2.24, 2.45) is 0 Å². The molecule has 124 valence electrons. The molecule has 0 fully saturated rings. The number of rotatable bonds is 5. The fourth-order valence-electron chi connectivity index (χ4n) is 2.33. The van der Waals surface area contributed by atoms with Gasteiger partial charge in [0.25, 0.3) is 0 Å². The van der Waals surface area contributed by atoms with E-state index in [1.54, 1.807) is 19.2 Å². The highest BCUT2D eigenvalue weighted by molar-refractivity contribution is 5.59.